The van der Waals surface area contributed by atoms with Crippen molar-refractivity contribution in [2.24, 2.45) is 5.18 Å². The van der Waals surface area contributed by atoms with E-state index in [4.69, 9.17) is 4.74 Å². The second-order valence-electron chi connectivity index (χ2n) is 4.96. The number of aryl methyl sites for hydroxylation is 1. The molecule has 7 heteroatoms. The highest BCUT2D eigenvalue weighted by Gasteiger charge is 2.23. The van der Waals surface area contributed by atoms with Crippen molar-refractivity contribution < 1.29 is 14.5 Å². The number of nitro groups is 1. The van der Waals surface area contributed by atoms with E-state index in [9.17, 15) is 19.8 Å². The lowest BCUT2D eigenvalue weighted by Gasteiger charge is -2.09. The van der Waals surface area contributed by atoms with Gasteiger partial charge in [0.1, 0.15) is 0 Å². The van der Waals surface area contributed by atoms with Crippen LogP contribution < -0.4 is 0 Å². The molecule has 0 amide bonds. The smallest absolute Gasteiger partial charge is 0.334 e. The number of nitroso groups, excluding NO2 is 1. The Balaban J connectivity index is 2.29. The summed E-state index contributed by atoms with van der Waals surface area (Å²) in [5.41, 5.74) is 0.461. The monoisotopic (exact) mass is 316 g/mol. The molecule has 0 spiro atoms. The summed E-state index contributed by atoms with van der Waals surface area (Å²) in [5, 5.41) is 15.5. The molecule has 0 saturated carbocycles. The van der Waals surface area contributed by atoms with Gasteiger partial charge in [-0.25, -0.2) is 4.79 Å². The zero-order valence-electron chi connectivity index (χ0n) is 12.6. The maximum atomic E-state index is 11.6. The first-order chi connectivity index (χ1) is 11.1. The highest BCUT2D eigenvalue weighted by atomic mass is 16.6. The Morgan fingerprint density at radius 3 is 2.70 bits per heavy atom. The topological polar surface area (TPSA) is 98.9 Å². The highest BCUT2D eigenvalue weighted by Crippen LogP contribution is 2.30. The van der Waals surface area contributed by atoms with Gasteiger partial charge in [-0.1, -0.05) is 35.5 Å². The van der Waals surface area contributed by atoms with Gasteiger partial charge in [-0.3, -0.25) is 10.1 Å². The number of carbonyl (C=O) groups excluding carboxylic acids is 1. The number of esters is 1. The molecule has 0 N–H and O–H groups in total. The van der Waals surface area contributed by atoms with Gasteiger partial charge in [0.05, 0.1) is 16.9 Å². The van der Waals surface area contributed by atoms with Crippen LogP contribution in [-0.4, -0.2) is 23.5 Å². The molecule has 0 aliphatic heterocycles. The summed E-state index contributed by atoms with van der Waals surface area (Å²) < 4.78 is 4.76. The molecule has 1 atom stereocenters. The average molecular weight is 316 g/mol. The molecule has 0 saturated heterocycles. The van der Waals surface area contributed by atoms with Crippen molar-refractivity contribution in [2.75, 3.05) is 6.61 Å². The molecule has 0 aromatic heterocycles. The minimum Gasteiger partial charge on any atom is -0.464 e. The van der Waals surface area contributed by atoms with E-state index in [1.807, 2.05) is 0 Å². The number of nitrogens with zero attached hydrogens (tertiary/aromatic N) is 2. The number of rotatable bonds is 7. The number of ether oxygens (including phenoxy) is 1. The largest absolute Gasteiger partial charge is 0.464 e. The number of carbonyl (C=O) groups is 1. The molecule has 120 valence electrons. The fourth-order valence-corrected chi connectivity index (χ4v) is 2.46. The Morgan fingerprint density at radius 2 is 2.04 bits per heavy atom. The number of benzene rings is 2. The number of nitro benzene ring substituents is 1. The van der Waals surface area contributed by atoms with Gasteiger partial charge >= 0.3 is 5.97 Å². The van der Waals surface area contributed by atoms with Crippen LogP contribution in [0.4, 0.5) is 5.69 Å². The number of hydrogen-bond donors (Lipinski definition) is 0. The van der Waals surface area contributed by atoms with Crippen molar-refractivity contribution in [3.63, 3.8) is 0 Å². The van der Waals surface area contributed by atoms with E-state index >= 15 is 0 Å². The second-order valence-corrected chi connectivity index (χ2v) is 4.96. The van der Waals surface area contributed by atoms with Crippen molar-refractivity contribution in [2.45, 2.75) is 25.8 Å². The van der Waals surface area contributed by atoms with E-state index in [2.05, 4.69) is 5.18 Å². The third kappa shape index (κ3) is 3.68. The maximum absolute atomic E-state index is 11.6. The molecular weight excluding hydrogens is 300 g/mol. The van der Waals surface area contributed by atoms with Gasteiger partial charge in [0.25, 0.3) is 5.69 Å². The van der Waals surface area contributed by atoms with Crippen LogP contribution in [0.1, 0.15) is 18.9 Å². The molecule has 7 nitrogen and oxygen atoms in total. The fourth-order valence-electron chi connectivity index (χ4n) is 2.46. The molecule has 0 radical (unpaired) electrons. The third-order valence-corrected chi connectivity index (χ3v) is 3.54. The van der Waals surface area contributed by atoms with Crippen molar-refractivity contribution in [3.05, 3.63) is 57.0 Å². The Labute approximate surface area is 132 Å². The van der Waals surface area contributed by atoms with Gasteiger partial charge in [-0.15, -0.1) is 4.91 Å². The maximum Gasteiger partial charge on any atom is 0.334 e. The van der Waals surface area contributed by atoms with Crippen LogP contribution in [0, 0.1) is 15.0 Å². The summed E-state index contributed by atoms with van der Waals surface area (Å²) in [7, 11) is 0. The predicted octanol–water partition coefficient (Wildman–Crippen LogP) is 3.38. The second kappa shape index (κ2) is 7.44. The first kappa shape index (κ1) is 16.5. The zero-order valence-corrected chi connectivity index (χ0v) is 12.6. The van der Waals surface area contributed by atoms with Crippen molar-refractivity contribution in [1.29, 1.82) is 0 Å². The molecule has 1 unspecified atom stereocenters. The molecule has 2 rings (SSSR count). The van der Waals surface area contributed by atoms with Gasteiger partial charge in [0.2, 0.25) is 0 Å². The van der Waals surface area contributed by atoms with Gasteiger partial charge in [0.15, 0.2) is 6.04 Å². The zero-order chi connectivity index (χ0) is 16.8. The van der Waals surface area contributed by atoms with E-state index in [-0.39, 0.29) is 25.1 Å². The van der Waals surface area contributed by atoms with Crippen LogP contribution in [0.5, 0.6) is 0 Å². The number of fused-ring (bicyclic) bond motifs is 1. The van der Waals surface area contributed by atoms with Crippen molar-refractivity contribution in [1.82, 2.24) is 0 Å². The molecule has 0 bridgehead atoms. The van der Waals surface area contributed by atoms with Crippen LogP contribution in [-0.2, 0) is 16.0 Å². The van der Waals surface area contributed by atoms with E-state index in [1.54, 1.807) is 43.3 Å². The highest BCUT2D eigenvalue weighted by molar-refractivity contribution is 5.92. The summed E-state index contributed by atoms with van der Waals surface area (Å²) in [6, 6.07) is 9.28. The van der Waals surface area contributed by atoms with E-state index in [1.165, 1.54) is 0 Å². The lowest BCUT2D eigenvalue weighted by molar-refractivity contribution is -0.383. The summed E-state index contributed by atoms with van der Waals surface area (Å²) in [4.78, 5) is 33.3. The Kier molecular flexibility index (Phi) is 5.35. The molecule has 0 aliphatic rings. The van der Waals surface area contributed by atoms with Crippen LogP contribution in [0.25, 0.3) is 10.8 Å². The Bertz CT molecular complexity index is 744. The van der Waals surface area contributed by atoms with Crippen LogP contribution in [0.2, 0.25) is 0 Å². The summed E-state index contributed by atoms with van der Waals surface area (Å²) in [6.45, 7) is 1.79. The Hall–Kier alpha value is -2.83. The minimum absolute atomic E-state index is 0.00314. The molecular formula is C16H16N2O5. The van der Waals surface area contributed by atoms with Crippen LogP contribution >= 0.6 is 0 Å². The summed E-state index contributed by atoms with van der Waals surface area (Å²) >= 11 is 0. The van der Waals surface area contributed by atoms with E-state index < -0.39 is 16.9 Å². The standard InChI is InChI=1S/C16H16N2O5/c1-2-23-16(19)14(17-20)10-9-12-8-7-11-5-3-4-6-13(11)15(12)18(21)22/h3-8,14H,2,9-10H2,1H3. The molecule has 0 heterocycles. The minimum atomic E-state index is -1.15. The SMILES string of the molecule is CCOC(=O)C(CCc1ccc2ccccc2c1[N+](=O)[O-])N=O. The first-order valence-electron chi connectivity index (χ1n) is 7.22. The van der Waals surface area contributed by atoms with Gasteiger partial charge < -0.3 is 4.74 Å². The van der Waals surface area contributed by atoms with E-state index in [0.717, 1.165) is 5.39 Å². The van der Waals surface area contributed by atoms with Gasteiger partial charge in [-0.2, -0.15) is 0 Å². The van der Waals surface area contributed by atoms with Crippen LogP contribution in [0.3, 0.4) is 0 Å². The van der Waals surface area contributed by atoms with Crippen molar-refractivity contribution in [3.8, 4) is 0 Å². The molecule has 0 aliphatic carbocycles. The van der Waals surface area contributed by atoms with Gasteiger partial charge in [0, 0.05) is 5.56 Å². The third-order valence-electron chi connectivity index (χ3n) is 3.54. The lowest BCUT2D eigenvalue weighted by atomic mass is 9.99. The van der Waals surface area contributed by atoms with E-state index in [0.29, 0.717) is 10.9 Å². The first-order valence-corrected chi connectivity index (χ1v) is 7.22. The lowest BCUT2D eigenvalue weighted by Crippen LogP contribution is -2.21. The predicted molar refractivity (Wildman–Crippen MR) is 85.1 cm³/mol. The normalized spacial score (nSPS) is 11.9. The summed E-state index contributed by atoms with van der Waals surface area (Å²) in [6.07, 6.45) is 0.262. The molecule has 2 aromatic carbocycles. The van der Waals surface area contributed by atoms with Crippen LogP contribution in [0.15, 0.2) is 41.6 Å². The molecule has 2 aromatic rings. The summed E-state index contributed by atoms with van der Waals surface area (Å²) in [5.74, 6) is -0.703. The number of hydrogen-bond acceptors (Lipinski definition) is 6. The Morgan fingerprint density at radius 1 is 1.30 bits per heavy atom. The fraction of sp³-hybridized carbons (Fsp3) is 0.312. The van der Waals surface area contributed by atoms with Gasteiger partial charge in [-0.05, 0) is 31.2 Å². The van der Waals surface area contributed by atoms with Crippen molar-refractivity contribution >= 4 is 22.4 Å². The molecule has 23 heavy (non-hydrogen) atoms. The quantitative estimate of drug-likeness (QED) is 0.337. The molecule has 0 fully saturated rings. The average Bonchev–Trinajstić information content (AvgIpc) is 2.54.